The van der Waals surface area contributed by atoms with Crippen molar-refractivity contribution in [3.63, 3.8) is 0 Å². The number of nitrogens with one attached hydrogen (secondary N) is 1. The predicted octanol–water partition coefficient (Wildman–Crippen LogP) is 4.93. The Labute approximate surface area is 184 Å². The van der Waals surface area contributed by atoms with Crippen LogP contribution >= 0.6 is 27.3 Å². The number of nitrogens with zero attached hydrogens (tertiary/aromatic N) is 3. The average molecular weight is 489 g/mol. The number of amides is 1. The lowest BCUT2D eigenvalue weighted by Gasteiger charge is -2.08. The third-order valence-corrected chi connectivity index (χ3v) is 5.47. The topological polar surface area (TPSA) is 91.4 Å². The third kappa shape index (κ3) is 3.96. The highest BCUT2D eigenvalue weighted by atomic mass is 79.9. The molecule has 4 aromatic rings. The van der Waals surface area contributed by atoms with Crippen LogP contribution in [0.3, 0.4) is 0 Å². The van der Waals surface area contributed by atoms with E-state index in [4.69, 9.17) is 13.9 Å². The van der Waals surface area contributed by atoms with E-state index in [0.717, 1.165) is 17.0 Å². The summed E-state index contributed by atoms with van der Waals surface area (Å²) in [4.78, 5) is 17.1. The number of carbonyl (C=O) groups excluding carboxylic acids is 1. The monoisotopic (exact) mass is 488 g/mol. The molecule has 0 atom stereocenters. The molecular formula is C20H17BrN4O4S. The van der Waals surface area contributed by atoms with Crippen LogP contribution in [0.25, 0.3) is 16.4 Å². The summed E-state index contributed by atoms with van der Waals surface area (Å²) in [7, 11) is 3.18. The Morgan fingerprint density at radius 2 is 1.97 bits per heavy atom. The maximum Gasteiger partial charge on any atom is 0.292 e. The van der Waals surface area contributed by atoms with Gasteiger partial charge in [0.05, 0.1) is 25.6 Å². The van der Waals surface area contributed by atoms with Crippen LogP contribution in [-0.2, 0) is 0 Å². The minimum atomic E-state index is -0.376. The van der Waals surface area contributed by atoms with Crippen LogP contribution in [0.1, 0.15) is 16.2 Å². The first kappa shape index (κ1) is 20.2. The predicted molar refractivity (Wildman–Crippen MR) is 117 cm³/mol. The van der Waals surface area contributed by atoms with Gasteiger partial charge in [0.1, 0.15) is 5.82 Å². The number of anilines is 1. The van der Waals surface area contributed by atoms with Gasteiger partial charge in [0.25, 0.3) is 5.91 Å². The van der Waals surface area contributed by atoms with Gasteiger partial charge in [-0.25, -0.2) is 4.98 Å². The number of aromatic nitrogens is 3. The second kappa shape index (κ2) is 8.33. The molecule has 3 heterocycles. The number of hydrogen-bond acceptors (Lipinski definition) is 7. The Kier molecular flexibility index (Phi) is 5.60. The zero-order valence-corrected chi connectivity index (χ0v) is 18.7. The van der Waals surface area contributed by atoms with Gasteiger partial charge >= 0.3 is 0 Å². The molecule has 1 amide bonds. The molecule has 0 fully saturated rings. The Balaban J connectivity index is 1.63. The molecule has 0 saturated heterocycles. The van der Waals surface area contributed by atoms with Gasteiger partial charge in [-0.15, -0.1) is 11.3 Å². The zero-order chi connectivity index (χ0) is 21.3. The van der Waals surface area contributed by atoms with Gasteiger partial charge in [-0.05, 0) is 53.2 Å². The highest BCUT2D eigenvalue weighted by Crippen LogP contribution is 2.33. The smallest absolute Gasteiger partial charge is 0.292 e. The second-order valence-corrected chi connectivity index (χ2v) is 7.84. The van der Waals surface area contributed by atoms with Crippen molar-refractivity contribution in [3.8, 4) is 27.9 Å². The summed E-state index contributed by atoms with van der Waals surface area (Å²) in [6, 6.07) is 10.6. The minimum absolute atomic E-state index is 0.192. The Morgan fingerprint density at radius 1 is 1.17 bits per heavy atom. The number of hydrogen-bond donors (Lipinski definition) is 1. The van der Waals surface area contributed by atoms with Crippen LogP contribution in [0.4, 0.5) is 5.82 Å². The first-order valence-electron chi connectivity index (χ1n) is 8.80. The maximum absolute atomic E-state index is 12.5. The normalized spacial score (nSPS) is 10.8. The Hall–Kier alpha value is -3.11. The third-order valence-electron chi connectivity index (χ3n) is 4.22. The molecule has 0 radical (unpaired) electrons. The van der Waals surface area contributed by atoms with E-state index in [1.807, 2.05) is 30.5 Å². The summed E-state index contributed by atoms with van der Waals surface area (Å²) in [5.74, 6) is 1.58. The molecule has 0 aliphatic rings. The fraction of sp³-hybridized carbons (Fsp3) is 0.150. The first-order chi connectivity index (χ1) is 14.5. The van der Waals surface area contributed by atoms with Crippen LogP contribution in [0, 0.1) is 6.92 Å². The summed E-state index contributed by atoms with van der Waals surface area (Å²) in [5, 5.41) is 9.82. The van der Waals surface area contributed by atoms with Gasteiger partial charge < -0.3 is 19.2 Å². The van der Waals surface area contributed by atoms with Gasteiger partial charge in [0, 0.05) is 17.0 Å². The van der Waals surface area contributed by atoms with Crippen LogP contribution in [-0.4, -0.2) is 34.9 Å². The molecule has 3 aromatic heterocycles. The number of thiazole rings is 1. The van der Waals surface area contributed by atoms with Crippen molar-refractivity contribution >= 4 is 39.0 Å². The quantitative estimate of drug-likeness (QED) is 0.413. The van der Waals surface area contributed by atoms with E-state index in [2.05, 4.69) is 31.3 Å². The SMILES string of the molecule is COc1ccc(-c2csc(-n3nc(C)cc3NC(=O)c3ccc(Br)o3)n2)cc1OC. The molecule has 0 bridgehead atoms. The van der Waals surface area contributed by atoms with Gasteiger partial charge in [-0.3, -0.25) is 4.79 Å². The summed E-state index contributed by atoms with van der Waals surface area (Å²) in [5.41, 5.74) is 2.38. The lowest BCUT2D eigenvalue weighted by Crippen LogP contribution is -2.14. The van der Waals surface area contributed by atoms with Crippen molar-refractivity contribution in [2.75, 3.05) is 19.5 Å². The maximum atomic E-state index is 12.5. The summed E-state index contributed by atoms with van der Waals surface area (Å²) < 4.78 is 18.1. The minimum Gasteiger partial charge on any atom is -0.493 e. The van der Waals surface area contributed by atoms with E-state index < -0.39 is 0 Å². The molecule has 0 aliphatic heterocycles. The highest BCUT2D eigenvalue weighted by molar-refractivity contribution is 9.10. The lowest BCUT2D eigenvalue weighted by molar-refractivity contribution is 0.0994. The Bertz CT molecular complexity index is 1210. The average Bonchev–Trinajstić information content (AvgIpc) is 3.47. The molecule has 0 spiro atoms. The number of methoxy groups -OCH3 is 2. The number of carbonyl (C=O) groups is 1. The van der Waals surface area contributed by atoms with Crippen molar-refractivity contribution < 1.29 is 18.7 Å². The van der Waals surface area contributed by atoms with Gasteiger partial charge in [-0.1, -0.05) is 0 Å². The molecule has 1 N–H and O–H groups in total. The molecule has 154 valence electrons. The number of aryl methyl sites for hydroxylation is 1. The molecule has 4 rings (SSSR count). The Morgan fingerprint density at radius 3 is 2.67 bits per heavy atom. The number of furan rings is 1. The number of ether oxygens (including phenoxy) is 2. The molecule has 0 unspecified atom stereocenters. The van der Waals surface area contributed by atoms with Crippen LogP contribution in [0.2, 0.25) is 0 Å². The van der Waals surface area contributed by atoms with Crippen molar-refractivity contribution in [1.29, 1.82) is 0 Å². The zero-order valence-electron chi connectivity index (χ0n) is 16.3. The van der Waals surface area contributed by atoms with Crippen molar-refractivity contribution in [2.45, 2.75) is 6.92 Å². The largest absolute Gasteiger partial charge is 0.493 e. The number of halogens is 1. The van der Waals surface area contributed by atoms with E-state index in [1.165, 1.54) is 11.3 Å². The molecule has 0 aliphatic carbocycles. The standard InChI is InChI=1S/C20H17BrN4O4S/c1-11-8-18(23-19(26)15-6-7-17(21)29-15)25(24-11)20-22-13(10-30-20)12-4-5-14(27-2)16(9-12)28-3/h4-10H,1-3H3,(H,23,26). The molecule has 8 nitrogen and oxygen atoms in total. The summed E-state index contributed by atoms with van der Waals surface area (Å²) in [6.07, 6.45) is 0. The lowest BCUT2D eigenvalue weighted by atomic mass is 10.1. The fourth-order valence-corrected chi connectivity index (χ4v) is 3.94. The van der Waals surface area contributed by atoms with Crippen LogP contribution in [0.5, 0.6) is 11.5 Å². The van der Waals surface area contributed by atoms with E-state index >= 15 is 0 Å². The van der Waals surface area contributed by atoms with Crippen LogP contribution < -0.4 is 14.8 Å². The van der Waals surface area contributed by atoms with Gasteiger partial charge in [0.15, 0.2) is 21.9 Å². The number of rotatable bonds is 6. The van der Waals surface area contributed by atoms with E-state index in [9.17, 15) is 4.79 Å². The van der Waals surface area contributed by atoms with Crippen molar-refractivity contribution in [1.82, 2.24) is 14.8 Å². The second-order valence-electron chi connectivity index (χ2n) is 6.23. The van der Waals surface area contributed by atoms with Gasteiger partial charge in [-0.2, -0.15) is 9.78 Å². The highest BCUT2D eigenvalue weighted by Gasteiger charge is 2.17. The summed E-state index contributed by atoms with van der Waals surface area (Å²) >= 11 is 4.61. The van der Waals surface area contributed by atoms with E-state index in [1.54, 1.807) is 37.1 Å². The molecule has 1 aromatic carbocycles. The van der Waals surface area contributed by atoms with Crippen LogP contribution in [0.15, 0.2) is 50.9 Å². The number of benzene rings is 1. The first-order valence-corrected chi connectivity index (χ1v) is 10.5. The summed E-state index contributed by atoms with van der Waals surface area (Å²) in [6.45, 7) is 1.85. The van der Waals surface area contributed by atoms with E-state index in [-0.39, 0.29) is 11.7 Å². The molecule has 30 heavy (non-hydrogen) atoms. The molecular weight excluding hydrogens is 472 g/mol. The molecule has 10 heteroatoms. The molecule has 0 saturated carbocycles. The van der Waals surface area contributed by atoms with E-state index in [0.29, 0.717) is 27.1 Å². The van der Waals surface area contributed by atoms with Gasteiger partial charge in [0.2, 0.25) is 5.13 Å². The van der Waals surface area contributed by atoms with Crippen molar-refractivity contribution in [2.24, 2.45) is 0 Å². The fourth-order valence-electron chi connectivity index (χ4n) is 2.84. The van der Waals surface area contributed by atoms with Crippen molar-refractivity contribution in [3.05, 3.63) is 57.9 Å².